The van der Waals surface area contributed by atoms with Crippen LogP contribution in [0.15, 0.2) is 30.7 Å². The fourth-order valence-electron chi connectivity index (χ4n) is 3.75. The average Bonchev–Trinajstić information content (AvgIpc) is 2.71. The highest BCUT2D eigenvalue weighted by atomic mass is 16.5. The Morgan fingerprint density at radius 3 is 2.42 bits per heavy atom. The molecule has 4 rings (SSSR count). The van der Waals surface area contributed by atoms with E-state index in [1.807, 2.05) is 24.4 Å². The summed E-state index contributed by atoms with van der Waals surface area (Å²) in [5.74, 6) is 2.34. The molecule has 0 amide bonds. The molecule has 1 aliphatic carbocycles. The van der Waals surface area contributed by atoms with Gasteiger partial charge >= 0.3 is 0 Å². The molecule has 2 aromatic heterocycles. The molecule has 1 aliphatic heterocycles. The lowest BCUT2D eigenvalue weighted by molar-refractivity contribution is 0.149. The molecule has 138 valence electrons. The molecule has 0 radical (unpaired) electrons. The van der Waals surface area contributed by atoms with Gasteiger partial charge in [0.1, 0.15) is 23.9 Å². The van der Waals surface area contributed by atoms with E-state index in [9.17, 15) is 0 Å². The zero-order valence-corrected chi connectivity index (χ0v) is 15.0. The number of rotatable bonds is 4. The zero-order valence-electron chi connectivity index (χ0n) is 15.0. The van der Waals surface area contributed by atoms with Crippen molar-refractivity contribution >= 4 is 17.3 Å². The van der Waals surface area contributed by atoms with Crippen molar-refractivity contribution in [2.45, 2.75) is 38.2 Å². The van der Waals surface area contributed by atoms with E-state index in [1.54, 1.807) is 6.33 Å². The molecule has 7 heteroatoms. The van der Waals surface area contributed by atoms with Gasteiger partial charge in [0, 0.05) is 32.4 Å². The molecule has 2 aliphatic rings. The molecule has 0 atom stereocenters. The van der Waals surface area contributed by atoms with Gasteiger partial charge in [-0.05, 0) is 37.8 Å². The Labute approximate surface area is 154 Å². The van der Waals surface area contributed by atoms with Crippen molar-refractivity contribution in [3.8, 4) is 5.88 Å². The lowest BCUT2D eigenvalue weighted by atomic mass is 9.98. The second kappa shape index (κ2) is 7.76. The van der Waals surface area contributed by atoms with E-state index < -0.39 is 0 Å². The fourth-order valence-corrected chi connectivity index (χ4v) is 3.75. The van der Waals surface area contributed by atoms with Gasteiger partial charge in [0.2, 0.25) is 5.88 Å². The predicted octanol–water partition coefficient (Wildman–Crippen LogP) is 2.49. The minimum Gasteiger partial charge on any atom is -0.473 e. The molecular weight excluding hydrogens is 328 g/mol. The molecule has 1 saturated heterocycles. The minimum atomic E-state index is 0.231. The lowest BCUT2D eigenvalue weighted by Crippen LogP contribution is -2.47. The maximum absolute atomic E-state index is 6.36. The van der Waals surface area contributed by atoms with Crippen LogP contribution in [-0.2, 0) is 0 Å². The third kappa shape index (κ3) is 3.66. The second-order valence-corrected chi connectivity index (χ2v) is 6.96. The number of anilines is 3. The van der Waals surface area contributed by atoms with E-state index >= 15 is 0 Å². The monoisotopic (exact) mass is 354 g/mol. The van der Waals surface area contributed by atoms with Crippen LogP contribution in [0.4, 0.5) is 17.3 Å². The van der Waals surface area contributed by atoms with Crippen LogP contribution in [-0.4, -0.2) is 47.2 Å². The van der Waals surface area contributed by atoms with Crippen molar-refractivity contribution in [3.05, 3.63) is 30.7 Å². The van der Waals surface area contributed by atoms with Crippen LogP contribution in [0.3, 0.4) is 0 Å². The highest BCUT2D eigenvalue weighted by Crippen LogP contribution is 2.31. The highest BCUT2D eigenvalue weighted by molar-refractivity contribution is 5.68. The van der Waals surface area contributed by atoms with Crippen LogP contribution in [0.5, 0.6) is 5.88 Å². The van der Waals surface area contributed by atoms with Crippen LogP contribution < -0.4 is 20.3 Å². The van der Waals surface area contributed by atoms with Gasteiger partial charge in [-0.15, -0.1) is 0 Å². The highest BCUT2D eigenvalue weighted by Gasteiger charge is 2.24. The zero-order chi connectivity index (χ0) is 17.8. The molecule has 0 spiro atoms. The number of pyridine rings is 1. The molecule has 1 saturated carbocycles. The van der Waals surface area contributed by atoms with Crippen molar-refractivity contribution in [1.82, 2.24) is 15.0 Å². The van der Waals surface area contributed by atoms with Gasteiger partial charge in [0.05, 0.1) is 0 Å². The van der Waals surface area contributed by atoms with E-state index in [-0.39, 0.29) is 6.10 Å². The molecule has 0 unspecified atom stereocenters. The maximum Gasteiger partial charge on any atom is 0.242 e. The van der Waals surface area contributed by atoms with Gasteiger partial charge < -0.3 is 20.3 Å². The van der Waals surface area contributed by atoms with Crippen LogP contribution in [0, 0.1) is 0 Å². The lowest BCUT2D eigenvalue weighted by Gasteiger charge is -2.36. The number of piperazine rings is 1. The van der Waals surface area contributed by atoms with Crippen LogP contribution >= 0.6 is 0 Å². The summed E-state index contributed by atoms with van der Waals surface area (Å²) in [5, 5.41) is 0. The van der Waals surface area contributed by atoms with E-state index in [2.05, 4.69) is 24.8 Å². The van der Waals surface area contributed by atoms with Crippen LogP contribution in [0.2, 0.25) is 0 Å². The van der Waals surface area contributed by atoms with Gasteiger partial charge in [-0.3, -0.25) is 0 Å². The Morgan fingerprint density at radius 2 is 1.69 bits per heavy atom. The molecule has 0 bridgehead atoms. The summed E-state index contributed by atoms with van der Waals surface area (Å²) < 4.78 is 6.08. The van der Waals surface area contributed by atoms with Crippen molar-refractivity contribution in [3.63, 3.8) is 0 Å². The van der Waals surface area contributed by atoms with Crippen LogP contribution in [0.1, 0.15) is 32.1 Å². The van der Waals surface area contributed by atoms with E-state index in [1.165, 1.54) is 19.3 Å². The topological polar surface area (TPSA) is 80.4 Å². The van der Waals surface area contributed by atoms with Gasteiger partial charge in [0.25, 0.3) is 0 Å². The molecule has 7 nitrogen and oxygen atoms in total. The summed E-state index contributed by atoms with van der Waals surface area (Å²) >= 11 is 0. The molecule has 3 heterocycles. The van der Waals surface area contributed by atoms with Crippen molar-refractivity contribution < 1.29 is 4.74 Å². The summed E-state index contributed by atoms with van der Waals surface area (Å²) in [5.41, 5.74) is 6.92. The molecule has 26 heavy (non-hydrogen) atoms. The molecular formula is C19H26N6O. The smallest absolute Gasteiger partial charge is 0.242 e. The fraction of sp³-hybridized carbons (Fsp3) is 0.526. The first-order valence-corrected chi connectivity index (χ1v) is 9.49. The summed E-state index contributed by atoms with van der Waals surface area (Å²) in [7, 11) is 0. The van der Waals surface area contributed by atoms with E-state index in [0.29, 0.717) is 11.6 Å². The van der Waals surface area contributed by atoms with Gasteiger partial charge in [0.15, 0.2) is 5.82 Å². The van der Waals surface area contributed by atoms with Crippen molar-refractivity contribution in [1.29, 1.82) is 0 Å². The molecule has 0 aromatic carbocycles. The van der Waals surface area contributed by atoms with Crippen molar-refractivity contribution in [2.24, 2.45) is 0 Å². The summed E-state index contributed by atoms with van der Waals surface area (Å²) in [6.45, 7) is 3.47. The van der Waals surface area contributed by atoms with E-state index in [0.717, 1.165) is 50.7 Å². The third-order valence-electron chi connectivity index (χ3n) is 5.21. The number of hydrogen-bond donors (Lipinski definition) is 1. The maximum atomic E-state index is 6.36. The molecule has 2 fully saturated rings. The van der Waals surface area contributed by atoms with E-state index in [4.69, 9.17) is 10.5 Å². The Balaban J connectivity index is 1.42. The number of ether oxygens (including phenoxy) is 1. The third-order valence-corrected chi connectivity index (χ3v) is 5.21. The first kappa shape index (κ1) is 16.9. The summed E-state index contributed by atoms with van der Waals surface area (Å²) in [6, 6.07) is 6.01. The average molecular weight is 354 g/mol. The van der Waals surface area contributed by atoms with Gasteiger partial charge in [-0.25, -0.2) is 9.97 Å². The number of nitrogen functional groups attached to an aromatic ring is 1. The van der Waals surface area contributed by atoms with Crippen molar-refractivity contribution in [2.75, 3.05) is 41.7 Å². The molecule has 2 aromatic rings. The minimum absolute atomic E-state index is 0.231. The normalized spacial score (nSPS) is 18.8. The number of nitrogens with two attached hydrogens (primary N) is 1. The Bertz CT molecular complexity index is 711. The number of nitrogens with zero attached hydrogens (tertiary/aromatic N) is 5. The second-order valence-electron chi connectivity index (χ2n) is 6.96. The Hall–Kier alpha value is -2.57. The standard InChI is InChI=1S/C19H26N6O/c20-17-18(22-14-23-19(17)26-15-6-2-1-3-7-15)25-12-10-24(11-13-25)16-8-4-5-9-21-16/h4-5,8-9,14-15H,1-3,6-7,10-13,20H2. The number of aromatic nitrogens is 3. The predicted molar refractivity (Wildman–Crippen MR) is 103 cm³/mol. The largest absolute Gasteiger partial charge is 0.473 e. The number of hydrogen-bond acceptors (Lipinski definition) is 7. The first-order chi connectivity index (χ1) is 12.8. The summed E-state index contributed by atoms with van der Waals surface area (Å²) in [6.07, 6.45) is 9.53. The SMILES string of the molecule is Nc1c(OC2CCCCC2)ncnc1N1CCN(c2ccccn2)CC1. The Kier molecular flexibility index (Phi) is 5.04. The van der Waals surface area contributed by atoms with Crippen LogP contribution in [0.25, 0.3) is 0 Å². The van der Waals surface area contributed by atoms with Gasteiger partial charge in [-0.2, -0.15) is 4.98 Å². The van der Waals surface area contributed by atoms with Gasteiger partial charge in [-0.1, -0.05) is 12.5 Å². The quantitative estimate of drug-likeness (QED) is 0.903. The Morgan fingerprint density at radius 1 is 0.923 bits per heavy atom. The molecule has 2 N–H and O–H groups in total. The first-order valence-electron chi connectivity index (χ1n) is 9.49. The summed E-state index contributed by atoms with van der Waals surface area (Å²) in [4.78, 5) is 17.6.